The molecular weight excluding hydrogens is 640 g/mol. The molecule has 0 aromatic heterocycles. The van der Waals surface area contributed by atoms with Crippen LogP contribution in [0.25, 0.3) is 11.1 Å². The quantitative estimate of drug-likeness (QED) is 0.0810. The Hall–Kier alpha value is -4.54. The summed E-state index contributed by atoms with van der Waals surface area (Å²) in [6.07, 6.45) is 5.97. The molecule has 9 heteroatoms. The maximum absolute atomic E-state index is 12.6. The van der Waals surface area contributed by atoms with Crippen LogP contribution in [0.2, 0.25) is 0 Å². The molecule has 2 aliphatic heterocycles. The van der Waals surface area contributed by atoms with E-state index in [1.165, 1.54) is 19.3 Å². The fourth-order valence-electron chi connectivity index (χ4n) is 6.84. The molecule has 0 saturated carbocycles. The number of aliphatic hydroxyl groups excluding tert-OH is 1. The molecule has 4 aromatic carbocycles. The van der Waals surface area contributed by atoms with Crippen LogP contribution in [0, 0.1) is 0 Å². The first-order chi connectivity index (χ1) is 24.9. The van der Waals surface area contributed by atoms with E-state index in [9.17, 15) is 14.7 Å². The zero-order valence-electron chi connectivity index (χ0n) is 29.3. The molecule has 3 unspecified atom stereocenters. The van der Waals surface area contributed by atoms with Gasteiger partial charge in [-0.2, -0.15) is 0 Å². The Morgan fingerprint density at radius 2 is 1.49 bits per heavy atom. The summed E-state index contributed by atoms with van der Waals surface area (Å²) >= 11 is 0. The highest BCUT2D eigenvalue weighted by atomic mass is 16.7. The molecular formula is C42H50N4O5. The van der Waals surface area contributed by atoms with Crippen molar-refractivity contribution in [2.24, 2.45) is 0 Å². The molecule has 3 atom stereocenters. The number of amides is 2. The Balaban J connectivity index is 1.01. The van der Waals surface area contributed by atoms with Crippen LogP contribution in [0.3, 0.4) is 0 Å². The Morgan fingerprint density at radius 1 is 0.765 bits per heavy atom. The van der Waals surface area contributed by atoms with Gasteiger partial charge in [0.2, 0.25) is 11.8 Å². The molecule has 6 rings (SSSR count). The SMILES string of the molecule is Nc1ccccc1NC(=O)CCCCC(=O)NCc1cccc(-c2ccc(C3OC(CN4CCCCC4)CC(c4ccc(CO)cc4)O3)cc2)c1. The van der Waals surface area contributed by atoms with Crippen molar-refractivity contribution in [3.05, 3.63) is 119 Å². The summed E-state index contributed by atoms with van der Waals surface area (Å²) in [6, 6.07) is 31.8. The molecule has 268 valence electrons. The normalized spacial score (nSPS) is 19.4. The van der Waals surface area contributed by atoms with Gasteiger partial charge < -0.3 is 35.8 Å². The minimum atomic E-state index is -0.483. The monoisotopic (exact) mass is 690 g/mol. The van der Waals surface area contributed by atoms with Crippen LogP contribution in [0.15, 0.2) is 97.1 Å². The van der Waals surface area contributed by atoms with Gasteiger partial charge in [0, 0.05) is 37.9 Å². The molecule has 5 N–H and O–H groups in total. The zero-order valence-corrected chi connectivity index (χ0v) is 29.3. The molecule has 2 aliphatic rings. The lowest BCUT2D eigenvalue weighted by Gasteiger charge is -2.39. The van der Waals surface area contributed by atoms with E-state index in [1.54, 1.807) is 12.1 Å². The number of nitrogens with zero attached hydrogens (tertiary/aromatic N) is 1. The van der Waals surface area contributed by atoms with Gasteiger partial charge in [-0.3, -0.25) is 9.59 Å². The van der Waals surface area contributed by atoms with E-state index in [1.807, 2.05) is 36.4 Å². The number of carbonyl (C=O) groups excluding carboxylic acids is 2. The molecule has 2 heterocycles. The van der Waals surface area contributed by atoms with Crippen molar-refractivity contribution in [2.45, 2.75) is 83.0 Å². The Kier molecular flexibility index (Phi) is 12.9. The largest absolute Gasteiger partial charge is 0.397 e. The number of hydrogen-bond donors (Lipinski definition) is 4. The molecule has 51 heavy (non-hydrogen) atoms. The van der Waals surface area contributed by atoms with Crippen molar-refractivity contribution in [2.75, 3.05) is 30.7 Å². The number of piperidine rings is 1. The van der Waals surface area contributed by atoms with Gasteiger partial charge in [0.05, 0.1) is 30.2 Å². The summed E-state index contributed by atoms with van der Waals surface area (Å²) in [5.74, 6) is -0.144. The average Bonchev–Trinajstić information content (AvgIpc) is 3.17. The van der Waals surface area contributed by atoms with E-state index < -0.39 is 6.29 Å². The number of unbranched alkanes of at least 4 members (excludes halogenated alkanes) is 1. The van der Waals surface area contributed by atoms with Crippen molar-refractivity contribution in [1.82, 2.24) is 10.2 Å². The number of hydrogen-bond acceptors (Lipinski definition) is 7. The smallest absolute Gasteiger partial charge is 0.224 e. The van der Waals surface area contributed by atoms with Crippen LogP contribution in [0.5, 0.6) is 0 Å². The maximum atomic E-state index is 12.6. The number of nitrogen functional groups attached to an aromatic ring is 1. The molecule has 2 fully saturated rings. The minimum absolute atomic E-state index is 0.0224. The van der Waals surface area contributed by atoms with E-state index in [-0.39, 0.29) is 30.6 Å². The van der Waals surface area contributed by atoms with Crippen LogP contribution in [0.1, 0.15) is 86.0 Å². The van der Waals surface area contributed by atoms with Crippen molar-refractivity contribution in [1.29, 1.82) is 0 Å². The predicted octanol–water partition coefficient (Wildman–Crippen LogP) is 7.27. The van der Waals surface area contributed by atoms with Crippen molar-refractivity contribution >= 4 is 23.2 Å². The molecule has 4 aromatic rings. The average molecular weight is 691 g/mol. The topological polar surface area (TPSA) is 126 Å². The number of ether oxygens (including phenoxy) is 2. The van der Waals surface area contributed by atoms with Crippen LogP contribution >= 0.6 is 0 Å². The number of benzene rings is 4. The summed E-state index contributed by atoms with van der Waals surface area (Å²) < 4.78 is 13.2. The van der Waals surface area contributed by atoms with E-state index in [0.29, 0.717) is 43.6 Å². The second kappa shape index (κ2) is 18.1. The minimum Gasteiger partial charge on any atom is -0.397 e. The number of nitrogens with two attached hydrogens (primary N) is 1. The van der Waals surface area contributed by atoms with Gasteiger partial charge in [-0.15, -0.1) is 0 Å². The van der Waals surface area contributed by atoms with Gasteiger partial charge in [-0.05, 0) is 84.8 Å². The highest BCUT2D eigenvalue weighted by Crippen LogP contribution is 2.39. The zero-order chi connectivity index (χ0) is 35.4. The standard InChI is InChI=1S/C42H50N4O5/c43-37-11-2-3-12-38(37)45-41(49)14-5-4-13-40(48)44-27-31-9-8-10-35(25-31)32-19-21-34(22-20-32)42-50-36(28-46-23-6-1-7-24-46)26-39(51-42)33-17-15-30(29-47)16-18-33/h2-3,8-12,15-22,25,36,39,42,47H,1,4-7,13-14,23-24,26-29,43H2,(H,44,48)(H,45,49). The third-order valence-corrected chi connectivity index (χ3v) is 9.75. The van der Waals surface area contributed by atoms with E-state index in [2.05, 4.69) is 64.1 Å². The number of para-hydroxylation sites is 2. The number of carbonyl (C=O) groups is 2. The molecule has 0 aliphatic carbocycles. The summed E-state index contributed by atoms with van der Waals surface area (Å²) in [7, 11) is 0. The van der Waals surface area contributed by atoms with Gasteiger partial charge in [0.1, 0.15) is 0 Å². The number of likely N-dealkylation sites (tertiary alicyclic amines) is 1. The lowest BCUT2D eigenvalue weighted by molar-refractivity contribution is -0.253. The molecule has 0 radical (unpaired) electrons. The highest BCUT2D eigenvalue weighted by molar-refractivity contribution is 5.93. The lowest BCUT2D eigenvalue weighted by atomic mass is 9.98. The van der Waals surface area contributed by atoms with Crippen LogP contribution in [-0.2, 0) is 32.2 Å². The van der Waals surface area contributed by atoms with Gasteiger partial charge in [-0.25, -0.2) is 0 Å². The van der Waals surface area contributed by atoms with Gasteiger partial charge in [0.15, 0.2) is 6.29 Å². The van der Waals surface area contributed by atoms with Crippen LogP contribution < -0.4 is 16.4 Å². The maximum Gasteiger partial charge on any atom is 0.224 e. The van der Waals surface area contributed by atoms with Crippen molar-refractivity contribution in [3.8, 4) is 11.1 Å². The van der Waals surface area contributed by atoms with Crippen LogP contribution in [-0.4, -0.2) is 47.6 Å². The lowest BCUT2D eigenvalue weighted by Crippen LogP contribution is -2.41. The Bertz CT molecular complexity index is 1720. The van der Waals surface area contributed by atoms with Crippen molar-refractivity contribution < 1.29 is 24.2 Å². The van der Waals surface area contributed by atoms with Crippen molar-refractivity contribution in [3.63, 3.8) is 0 Å². The molecule has 0 bridgehead atoms. The summed E-state index contributed by atoms with van der Waals surface area (Å²) in [6.45, 7) is 3.58. The molecule has 2 saturated heterocycles. The fourth-order valence-corrected chi connectivity index (χ4v) is 6.84. The Morgan fingerprint density at radius 3 is 2.24 bits per heavy atom. The number of anilines is 2. The van der Waals surface area contributed by atoms with Crippen LogP contribution in [0.4, 0.5) is 11.4 Å². The summed E-state index contributed by atoms with van der Waals surface area (Å²) in [5.41, 5.74) is 13.1. The second-order valence-corrected chi connectivity index (χ2v) is 13.7. The first-order valence-corrected chi connectivity index (χ1v) is 18.3. The Labute approximate surface area is 301 Å². The summed E-state index contributed by atoms with van der Waals surface area (Å²) in [5, 5.41) is 15.4. The third-order valence-electron chi connectivity index (χ3n) is 9.75. The van der Waals surface area contributed by atoms with Gasteiger partial charge in [0.25, 0.3) is 0 Å². The first kappa shape index (κ1) is 36.3. The van der Waals surface area contributed by atoms with E-state index in [4.69, 9.17) is 15.2 Å². The van der Waals surface area contributed by atoms with Gasteiger partial charge >= 0.3 is 0 Å². The highest BCUT2D eigenvalue weighted by Gasteiger charge is 2.33. The molecule has 9 nitrogen and oxygen atoms in total. The molecule has 0 spiro atoms. The second-order valence-electron chi connectivity index (χ2n) is 13.7. The number of rotatable bonds is 14. The van der Waals surface area contributed by atoms with E-state index >= 15 is 0 Å². The number of aliphatic hydroxyl groups is 1. The molecule has 2 amide bonds. The fraction of sp³-hybridized carbons (Fsp3) is 0.381. The van der Waals surface area contributed by atoms with Gasteiger partial charge in [-0.1, -0.05) is 85.3 Å². The van der Waals surface area contributed by atoms with E-state index in [0.717, 1.165) is 59.4 Å². The predicted molar refractivity (Wildman–Crippen MR) is 200 cm³/mol. The third kappa shape index (κ3) is 10.5. The summed E-state index contributed by atoms with van der Waals surface area (Å²) in [4.78, 5) is 27.3. The first-order valence-electron chi connectivity index (χ1n) is 18.3. The number of nitrogens with one attached hydrogen (secondary N) is 2.